The summed E-state index contributed by atoms with van der Waals surface area (Å²) in [5.74, 6) is -0.284. The molecule has 0 unspecified atom stereocenters. The summed E-state index contributed by atoms with van der Waals surface area (Å²) in [6, 6.07) is 4.83. The molecular weight excluding hydrogens is 316 g/mol. The van der Waals surface area contributed by atoms with Crippen LogP contribution in [0.25, 0.3) is 0 Å². The fourth-order valence-electron chi connectivity index (χ4n) is 2.42. The minimum Gasteiger partial charge on any atom is -0.350 e. The highest BCUT2D eigenvalue weighted by Gasteiger charge is 2.24. The van der Waals surface area contributed by atoms with Crippen molar-refractivity contribution in [2.45, 2.75) is 32.2 Å². The predicted molar refractivity (Wildman–Crippen MR) is 92.0 cm³/mol. The van der Waals surface area contributed by atoms with Gasteiger partial charge >= 0.3 is 6.03 Å². The Morgan fingerprint density at radius 2 is 2.13 bits per heavy atom. The van der Waals surface area contributed by atoms with Crippen molar-refractivity contribution < 1.29 is 9.59 Å². The van der Waals surface area contributed by atoms with E-state index in [9.17, 15) is 9.59 Å². The number of nitrogens with zero attached hydrogens (tertiary/aromatic N) is 1. The molecule has 0 saturated carbocycles. The van der Waals surface area contributed by atoms with Gasteiger partial charge in [0.05, 0.1) is 10.6 Å². The zero-order chi connectivity index (χ0) is 17.0. The van der Waals surface area contributed by atoms with Crippen molar-refractivity contribution in [3.05, 3.63) is 28.8 Å². The van der Waals surface area contributed by atoms with Gasteiger partial charge in [-0.3, -0.25) is 9.69 Å². The van der Waals surface area contributed by atoms with Gasteiger partial charge in [0.25, 0.3) is 5.91 Å². The molecule has 1 fully saturated rings. The minimum absolute atomic E-state index is 0.170. The smallest absolute Gasteiger partial charge is 0.321 e. The summed E-state index contributed by atoms with van der Waals surface area (Å²) in [6.07, 6.45) is 1.54. The lowest BCUT2D eigenvalue weighted by atomic mass is 9.94. The number of hydrogen-bond donors (Lipinski definition) is 3. The molecule has 4 N–H and O–H groups in total. The van der Waals surface area contributed by atoms with Crippen molar-refractivity contribution >= 4 is 29.2 Å². The number of benzene rings is 1. The maximum atomic E-state index is 12.4. The molecule has 7 heteroatoms. The van der Waals surface area contributed by atoms with Crippen LogP contribution in [0.3, 0.4) is 0 Å². The Labute approximate surface area is 141 Å². The normalized spacial score (nSPS) is 14.8. The third-order valence-electron chi connectivity index (χ3n) is 4.37. The topological polar surface area (TPSA) is 87.5 Å². The highest BCUT2D eigenvalue weighted by Crippen LogP contribution is 2.24. The number of amides is 3. The fourth-order valence-corrected chi connectivity index (χ4v) is 2.63. The number of anilines is 1. The van der Waals surface area contributed by atoms with E-state index in [4.69, 9.17) is 17.3 Å². The Morgan fingerprint density at radius 1 is 1.43 bits per heavy atom. The molecule has 1 heterocycles. The van der Waals surface area contributed by atoms with Crippen LogP contribution in [-0.2, 0) is 0 Å². The molecule has 0 spiro atoms. The molecule has 126 valence electrons. The largest absolute Gasteiger partial charge is 0.350 e. The maximum Gasteiger partial charge on any atom is 0.321 e. The van der Waals surface area contributed by atoms with Gasteiger partial charge in [-0.25, -0.2) is 4.79 Å². The summed E-state index contributed by atoms with van der Waals surface area (Å²) < 4.78 is 0. The zero-order valence-corrected chi connectivity index (χ0v) is 14.2. The molecule has 6 nitrogen and oxygen atoms in total. The average molecular weight is 339 g/mol. The van der Waals surface area contributed by atoms with Gasteiger partial charge in [0.15, 0.2) is 0 Å². The van der Waals surface area contributed by atoms with Crippen molar-refractivity contribution in [2.75, 3.05) is 24.5 Å². The summed E-state index contributed by atoms with van der Waals surface area (Å²) in [5.41, 5.74) is 6.78. The quantitative estimate of drug-likeness (QED) is 0.742. The van der Waals surface area contributed by atoms with Crippen molar-refractivity contribution in [1.29, 1.82) is 0 Å². The van der Waals surface area contributed by atoms with E-state index in [2.05, 4.69) is 10.6 Å². The lowest BCUT2D eigenvalue weighted by molar-refractivity contribution is 0.0942. The van der Waals surface area contributed by atoms with Gasteiger partial charge in [0, 0.05) is 30.9 Å². The van der Waals surface area contributed by atoms with Crippen molar-refractivity contribution in [1.82, 2.24) is 10.6 Å². The van der Waals surface area contributed by atoms with Crippen LogP contribution in [0.4, 0.5) is 10.5 Å². The van der Waals surface area contributed by atoms with E-state index in [1.165, 1.54) is 0 Å². The van der Waals surface area contributed by atoms with Crippen LogP contribution in [0.1, 0.15) is 37.0 Å². The average Bonchev–Trinajstić information content (AvgIpc) is 2.99. The van der Waals surface area contributed by atoms with E-state index in [1.54, 1.807) is 23.1 Å². The molecule has 0 aliphatic carbocycles. The Balaban J connectivity index is 2.15. The first kappa shape index (κ1) is 17.6. The van der Waals surface area contributed by atoms with E-state index in [0.29, 0.717) is 35.9 Å². The number of rotatable bonds is 6. The minimum atomic E-state index is -0.422. The van der Waals surface area contributed by atoms with Crippen molar-refractivity contribution in [3.8, 4) is 0 Å². The molecular formula is C16H23ClN4O2. The van der Waals surface area contributed by atoms with Crippen molar-refractivity contribution in [2.24, 2.45) is 5.73 Å². The lowest BCUT2D eigenvalue weighted by Gasteiger charge is -2.27. The maximum absolute atomic E-state index is 12.4. The van der Waals surface area contributed by atoms with Crippen molar-refractivity contribution in [3.63, 3.8) is 0 Å². The zero-order valence-electron chi connectivity index (χ0n) is 13.5. The second kappa shape index (κ2) is 7.19. The molecule has 1 aromatic carbocycles. The number of nitrogens with two attached hydrogens (primary N) is 1. The second-order valence-electron chi connectivity index (χ2n) is 5.80. The molecule has 23 heavy (non-hydrogen) atoms. The summed E-state index contributed by atoms with van der Waals surface area (Å²) in [7, 11) is 0. The third-order valence-corrected chi connectivity index (χ3v) is 4.70. The lowest BCUT2D eigenvalue weighted by Crippen LogP contribution is -2.49. The molecule has 2 rings (SSSR count). The number of nitrogens with one attached hydrogen (secondary N) is 2. The van der Waals surface area contributed by atoms with Crippen LogP contribution in [0, 0.1) is 0 Å². The van der Waals surface area contributed by atoms with Gasteiger partial charge in [0.2, 0.25) is 0 Å². The van der Waals surface area contributed by atoms with Crippen LogP contribution in [0.2, 0.25) is 5.02 Å². The van der Waals surface area contributed by atoms with Crippen LogP contribution in [0.15, 0.2) is 18.2 Å². The Kier molecular flexibility index (Phi) is 5.49. The predicted octanol–water partition coefficient (Wildman–Crippen LogP) is 2.12. The van der Waals surface area contributed by atoms with Gasteiger partial charge < -0.3 is 16.4 Å². The molecule has 3 amide bonds. The van der Waals surface area contributed by atoms with E-state index >= 15 is 0 Å². The van der Waals surface area contributed by atoms with Crippen LogP contribution in [0.5, 0.6) is 0 Å². The van der Waals surface area contributed by atoms with Crippen LogP contribution in [-0.4, -0.2) is 37.1 Å². The Hall–Kier alpha value is -1.79. The highest BCUT2D eigenvalue weighted by atomic mass is 35.5. The van der Waals surface area contributed by atoms with Gasteiger partial charge in [-0.2, -0.15) is 0 Å². The molecule has 0 aromatic heterocycles. The number of carbonyl (C=O) groups excluding carboxylic acids is 2. The van der Waals surface area contributed by atoms with E-state index in [-0.39, 0.29) is 11.9 Å². The molecule has 1 aromatic rings. The first-order valence-corrected chi connectivity index (χ1v) is 8.20. The van der Waals surface area contributed by atoms with Gasteiger partial charge in [-0.15, -0.1) is 0 Å². The van der Waals surface area contributed by atoms with Crippen LogP contribution < -0.4 is 21.3 Å². The summed E-state index contributed by atoms with van der Waals surface area (Å²) in [4.78, 5) is 25.7. The monoisotopic (exact) mass is 338 g/mol. The molecule has 1 aliphatic rings. The van der Waals surface area contributed by atoms with Crippen LogP contribution >= 0.6 is 11.6 Å². The van der Waals surface area contributed by atoms with E-state index in [0.717, 1.165) is 12.8 Å². The molecule has 0 atom stereocenters. The first-order chi connectivity index (χ1) is 10.9. The first-order valence-electron chi connectivity index (χ1n) is 7.82. The molecule has 1 aliphatic heterocycles. The number of urea groups is 1. The van der Waals surface area contributed by atoms with Gasteiger partial charge in [-0.1, -0.05) is 25.4 Å². The molecule has 0 bridgehead atoms. The van der Waals surface area contributed by atoms with Gasteiger partial charge in [0.1, 0.15) is 0 Å². The Morgan fingerprint density at radius 3 is 2.70 bits per heavy atom. The number of carbonyl (C=O) groups is 2. The fraction of sp³-hybridized carbons (Fsp3) is 0.500. The van der Waals surface area contributed by atoms with E-state index in [1.807, 2.05) is 13.8 Å². The Bertz CT molecular complexity index is 602. The van der Waals surface area contributed by atoms with E-state index < -0.39 is 5.54 Å². The number of halogens is 1. The SMILES string of the molecule is CCC(N)(CC)CNC(=O)c1cc(N2CCNC2=O)ccc1Cl. The molecule has 1 saturated heterocycles. The second-order valence-corrected chi connectivity index (χ2v) is 6.21. The summed E-state index contributed by atoms with van der Waals surface area (Å²) in [6.45, 7) is 5.53. The molecule has 0 radical (unpaired) electrons. The summed E-state index contributed by atoms with van der Waals surface area (Å²) >= 11 is 6.14. The van der Waals surface area contributed by atoms with Gasteiger partial charge in [-0.05, 0) is 31.0 Å². The summed E-state index contributed by atoms with van der Waals surface area (Å²) in [5, 5.41) is 5.92. The third kappa shape index (κ3) is 3.95. The highest BCUT2D eigenvalue weighted by molar-refractivity contribution is 6.34. The standard InChI is InChI=1S/C16H23ClN4O2/c1-3-16(18,4-2)10-20-14(22)12-9-11(5-6-13(12)17)21-8-7-19-15(21)23/h5-6,9H,3-4,7-8,10,18H2,1-2H3,(H,19,23)(H,20,22). The number of hydrogen-bond acceptors (Lipinski definition) is 3.